The number of hydrogen-bond donors (Lipinski definition) is 2. The van der Waals surface area contributed by atoms with Crippen molar-refractivity contribution in [3.8, 4) is 28.1 Å². The van der Waals surface area contributed by atoms with Gasteiger partial charge in [0.05, 0.1) is 12.8 Å². The van der Waals surface area contributed by atoms with Gasteiger partial charge in [-0.25, -0.2) is 4.98 Å². The minimum atomic E-state index is -0.175. The molecule has 29 heavy (non-hydrogen) atoms. The van der Waals surface area contributed by atoms with Crippen LogP contribution in [0.15, 0.2) is 83.7 Å². The van der Waals surface area contributed by atoms with Crippen LogP contribution in [0.1, 0.15) is 5.56 Å². The number of hydrogen-bond acceptors (Lipinski definition) is 4. The Bertz CT molecular complexity index is 1180. The van der Waals surface area contributed by atoms with Gasteiger partial charge in [-0.05, 0) is 42.8 Å². The number of ether oxygens (including phenoxy) is 1. The molecule has 4 aromatic rings. The van der Waals surface area contributed by atoms with Gasteiger partial charge in [0.2, 0.25) is 5.95 Å². The van der Waals surface area contributed by atoms with E-state index in [9.17, 15) is 4.79 Å². The van der Waals surface area contributed by atoms with Crippen molar-refractivity contribution in [3.05, 3.63) is 94.8 Å². The first-order chi connectivity index (χ1) is 14.2. The zero-order chi connectivity index (χ0) is 20.2. The standard InChI is InChI=1S/C24H21N3O2/c1-16-22(18-12-14-19(29-2)15-13-18)26-24(27-23(16)28)25-21-11-7-6-10-20(21)17-8-4-3-5-9-17/h3-15H,1-2H3,(H2,25,26,27,28). The van der Waals surface area contributed by atoms with E-state index in [1.165, 1.54) is 0 Å². The van der Waals surface area contributed by atoms with Gasteiger partial charge in [0, 0.05) is 22.4 Å². The molecule has 0 spiro atoms. The maximum absolute atomic E-state index is 12.5. The number of para-hydroxylation sites is 1. The topological polar surface area (TPSA) is 67.0 Å². The molecule has 5 nitrogen and oxygen atoms in total. The first-order valence-corrected chi connectivity index (χ1v) is 9.32. The molecule has 0 atom stereocenters. The molecule has 3 aromatic carbocycles. The Morgan fingerprint density at radius 1 is 0.862 bits per heavy atom. The van der Waals surface area contributed by atoms with Crippen molar-refractivity contribution < 1.29 is 4.74 Å². The summed E-state index contributed by atoms with van der Waals surface area (Å²) in [5, 5.41) is 3.28. The molecule has 0 radical (unpaired) electrons. The number of aromatic amines is 1. The number of benzene rings is 3. The van der Waals surface area contributed by atoms with Crippen LogP contribution in [0.2, 0.25) is 0 Å². The van der Waals surface area contributed by atoms with Gasteiger partial charge >= 0.3 is 0 Å². The fraction of sp³-hybridized carbons (Fsp3) is 0.0833. The summed E-state index contributed by atoms with van der Waals surface area (Å²) in [5.41, 5.74) is 4.86. The van der Waals surface area contributed by atoms with Gasteiger partial charge in [-0.2, -0.15) is 0 Å². The molecule has 4 rings (SSSR count). The fourth-order valence-corrected chi connectivity index (χ4v) is 3.21. The van der Waals surface area contributed by atoms with E-state index in [1.807, 2.05) is 66.7 Å². The second kappa shape index (κ2) is 8.02. The number of rotatable bonds is 5. The lowest BCUT2D eigenvalue weighted by atomic mass is 10.0. The van der Waals surface area contributed by atoms with Crippen molar-refractivity contribution in [2.45, 2.75) is 6.92 Å². The zero-order valence-electron chi connectivity index (χ0n) is 16.3. The van der Waals surface area contributed by atoms with Gasteiger partial charge < -0.3 is 10.1 Å². The second-order valence-corrected chi connectivity index (χ2v) is 6.65. The van der Waals surface area contributed by atoms with Crippen LogP contribution in [0.3, 0.4) is 0 Å². The molecule has 0 aliphatic heterocycles. The molecule has 1 heterocycles. The van der Waals surface area contributed by atoms with Crippen LogP contribution >= 0.6 is 0 Å². The van der Waals surface area contributed by atoms with Crippen LogP contribution in [0.25, 0.3) is 22.4 Å². The molecule has 0 bridgehead atoms. The highest BCUT2D eigenvalue weighted by atomic mass is 16.5. The maximum atomic E-state index is 12.5. The molecule has 0 saturated heterocycles. The summed E-state index contributed by atoms with van der Waals surface area (Å²) in [7, 11) is 1.62. The number of H-pyrrole nitrogens is 1. The molecule has 0 aliphatic carbocycles. The molecule has 0 fully saturated rings. The lowest BCUT2D eigenvalue weighted by molar-refractivity contribution is 0.415. The third kappa shape index (κ3) is 3.89. The normalized spacial score (nSPS) is 10.6. The SMILES string of the molecule is COc1ccc(-c2nc(Nc3ccccc3-c3ccccc3)[nH]c(=O)c2C)cc1. The fourth-order valence-electron chi connectivity index (χ4n) is 3.21. The highest BCUT2D eigenvalue weighted by molar-refractivity contribution is 5.80. The highest BCUT2D eigenvalue weighted by Crippen LogP contribution is 2.30. The number of methoxy groups -OCH3 is 1. The molecule has 0 saturated carbocycles. The van der Waals surface area contributed by atoms with Crippen molar-refractivity contribution >= 4 is 11.6 Å². The summed E-state index contributed by atoms with van der Waals surface area (Å²) < 4.78 is 5.22. The summed E-state index contributed by atoms with van der Waals surface area (Å²) >= 11 is 0. The van der Waals surface area contributed by atoms with E-state index >= 15 is 0 Å². The Hall–Kier alpha value is -3.86. The van der Waals surface area contributed by atoms with E-state index in [0.717, 1.165) is 28.1 Å². The molecule has 144 valence electrons. The Morgan fingerprint density at radius 3 is 2.28 bits per heavy atom. The third-order valence-corrected chi connectivity index (χ3v) is 4.78. The number of anilines is 2. The van der Waals surface area contributed by atoms with Crippen LogP contribution < -0.4 is 15.6 Å². The Balaban J connectivity index is 1.74. The van der Waals surface area contributed by atoms with Gasteiger partial charge in [0.15, 0.2) is 0 Å². The van der Waals surface area contributed by atoms with Gasteiger partial charge in [-0.1, -0.05) is 48.5 Å². The van der Waals surface area contributed by atoms with Crippen LogP contribution in [0, 0.1) is 6.92 Å². The van der Waals surface area contributed by atoms with Crippen molar-refractivity contribution in [3.63, 3.8) is 0 Å². The monoisotopic (exact) mass is 383 g/mol. The number of nitrogens with one attached hydrogen (secondary N) is 2. The van der Waals surface area contributed by atoms with Gasteiger partial charge in [0.1, 0.15) is 5.75 Å². The van der Waals surface area contributed by atoms with Gasteiger partial charge in [-0.3, -0.25) is 9.78 Å². The second-order valence-electron chi connectivity index (χ2n) is 6.65. The predicted molar refractivity (Wildman–Crippen MR) is 117 cm³/mol. The number of nitrogens with zero attached hydrogens (tertiary/aromatic N) is 1. The Kier molecular flexibility index (Phi) is 5.12. The van der Waals surface area contributed by atoms with Gasteiger partial charge in [0.25, 0.3) is 5.56 Å². The number of aromatic nitrogens is 2. The molecule has 1 aromatic heterocycles. The van der Waals surface area contributed by atoms with Crippen molar-refractivity contribution in [1.29, 1.82) is 0 Å². The summed E-state index contributed by atoms with van der Waals surface area (Å²) in [6.07, 6.45) is 0. The third-order valence-electron chi connectivity index (χ3n) is 4.78. The van der Waals surface area contributed by atoms with E-state index in [1.54, 1.807) is 14.0 Å². The van der Waals surface area contributed by atoms with Crippen LogP contribution in [-0.2, 0) is 0 Å². The highest BCUT2D eigenvalue weighted by Gasteiger charge is 2.12. The lowest BCUT2D eigenvalue weighted by Gasteiger charge is -2.13. The van der Waals surface area contributed by atoms with Crippen LogP contribution in [0.5, 0.6) is 5.75 Å². The Labute approximate surface area is 169 Å². The summed E-state index contributed by atoms with van der Waals surface area (Å²) in [6, 6.07) is 25.5. The minimum Gasteiger partial charge on any atom is -0.497 e. The first kappa shape index (κ1) is 18.5. The van der Waals surface area contributed by atoms with E-state index in [4.69, 9.17) is 4.74 Å². The molecule has 5 heteroatoms. The first-order valence-electron chi connectivity index (χ1n) is 9.32. The van der Waals surface area contributed by atoms with E-state index in [0.29, 0.717) is 17.2 Å². The maximum Gasteiger partial charge on any atom is 0.255 e. The summed E-state index contributed by atoms with van der Waals surface area (Å²) in [5.74, 6) is 1.15. The van der Waals surface area contributed by atoms with E-state index < -0.39 is 0 Å². The predicted octanol–water partition coefficient (Wildman–Crippen LogP) is 5.16. The molecule has 0 unspecified atom stereocenters. The average molecular weight is 383 g/mol. The summed E-state index contributed by atoms with van der Waals surface area (Å²) in [4.78, 5) is 20.1. The van der Waals surface area contributed by atoms with Crippen molar-refractivity contribution in [2.24, 2.45) is 0 Å². The lowest BCUT2D eigenvalue weighted by Crippen LogP contribution is -2.15. The summed E-state index contributed by atoms with van der Waals surface area (Å²) in [6.45, 7) is 1.77. The zero-order valence-corrected chi connectivity index (χ0v) is 16.3. The van der Waals surface area contributed by atoms with E-state index in [-0.39, 0.29) is 5.56 Å². The largest absolute Gasteiger partial charge is 0.497 e. The molecule has 0 amide bonds. The minimum absolute atomic E-state index is 0.175. The van der Waals surface area contributed by atoms with Crippen LogP contribution in [-0.4, -0.2) is 17.1 Å². The molecular formula is C24H21N3O2. The Morgan fingerprint density at radius 2 is 1.55 bits per heavy atom. The molecule has 2 N–H and O–H groups in total. The quantitative estimate of drug-likeness (QED) is 0.499. The van der Waals surface area contributed by atoms with E-state index in [2.05, 4.69) is 27.4 Å². The van der Waals surface area contributed by atoms with Gasteiger partial charge in [-0.15, -0.1) is 0 Å². The average Bonchev–Trinajstić information content (AvgIpc) is 2.77. The van der Waals surface area contributed by atoms with Crippen molar-refractivity contribution in [1.82, 2.24) is 9.97 Å². The van der Waals surface area contributed by atoms with Crippen molar-refractivity contribution in [2.75, 3.05) is 12.4 Å². The smallest absolute Gasteiger partial charge is 0.255 e. The molecular weight excluding hydrogens is 362 g/mol. The molecule has 0 aliphatic rings. The van der Waals surface area contributed by atoms with Crippen LogP contribution in [0.4, 0.5) is 11.6 Å².